The smallest absolute Gasteiger partial charge is 0.203 e. The minimum Gasteiger partial charge on any atom is -0.508 e. The van der Waals surface area contributed by atoms with Gasteiger partial charge in [0.25, 0.3) is 0 Å². The third-order valence-corrected chi connectivity index (χ3v) is 7.33. The van der Waals surface area contributed by atoms with Gasteiger partial charge in [0.05, 0.1) is 6.10 Å². The lowest BCUT2D eigenvalue weighted by Gasteiger charge is -2.42. The van der Waals surface area contributed by atoms with Crippen LogP contribution in [0.1, 0.15) is 67.8 Å². The molecule has 2 aliphatic heterocycles. The number of phenolic OH excluding ortho intramolecular Hbond substituents is 3. The van der Waals surface area contributed by atoms with E-state index in [1.54, 1.807) is 12.1 Å². The largest absolute Gasteiger partial charge is 0.508 e. The molecule has 0 bridgehead atoms. The lowest BCUT2D eigenvalue weighted by Crippen LogP contribution is -2.59. The second-order valence-corrected chi connectivity index (χ2v) is 11.1. The number of carbonyl (C=O) groups is 1. The zero-order valence-corrected chi connectivity index (χ0v) is 23.7. The maximum Gasteiger partial charge on any atom is 0.203 e. The number of hydrogen-bond acceptors (Lipinski definition) is 10. The van der Waals surface area contributed by atoms with Crippen molar-refractivity contribution < 1.29 is 49.6 Å². The Labute approximate surface area is 238 Å². The Balaban J connectivity index is 1.84. The van der Waals surface area contributed by atoms with E-state index in [-0.39, 0.29) is 29.2 Å². The van der Waals surface area contributed by atoms with Crippen LogP contribution in [0.5, 0.6) is 23.0 Å². The number of aliphatic hydroxyl groups excluding tert-OH is 3. The summed E-state index contributed by atoms with van der Waals surface area (Å²) in [6.07, 6.45) is -5.35. The lowest BCUT2D eigenvalue weighted by molar-refractivity contribution is -0.304. The van der Waals surface area contributed by atoms with Crippen molar-refractivity contribution in [2.24, 2.45) is 0 Å². The van der Waals surface area contributed by atoms with Crippen molar-refractivity contribution >= 4 is 5.78 Å². The van der Waals surface area contributed by atoms with Crippen LogP contribution < -0.4 is 4.74 Å². The first kappa shape index (κ1) is 30.5. The quantitative estimate of drug-likeness (QED) is 0.272. The Hall–Kier alpha value is -3.41. The molecule has 10 heteroatoms. The van der Waals surface area contributed by atoms with Gasteiger partial charge in [-0.3, -0.25) is 4.79 Å². The number of ether oxygens (including phenoxy) is 3. The predicted octanol–water partition coefficient (Wildman–Crippen LogP) is 3.35. The molecule has 0 radical (unpaired) electrons. The number of aromatic hydroxyl groups is 3. The van der Waals surface area contributed by atoms with Crippen LogP contribution in [0.3, 0.4) is 0 Å². The summed E-state index contributed by atoms with van der Waals surface area (Å²) in [5.74, 6) is -1.43. The number of Topliss-reactive ketones (excluding diaryl/α,β-unsaturated/α-hetero) is 1. The van der Waals surface area contributed by atoms with Crippen LogP contribution in [0, 0.1) is 0 Å². The monoisotopic (exact) mass is 570 g/mol. The fraction of sp³-hybridized carbons (Fsp3) is 0.452. The van der Waals surface area contributed by atoms with Crippen molar-refractivity contribution in [1.82, 2.24) is 0 Å². The van der Waals surface area contributed by atoms with Gasteiger partial charge in [0.1, 0.15) is 46.9 Å². The molecule has 7 unspecified atom stereocenters. The van der Waals surface area contributed by atoms with E-state index in [2.05, 4.69) is 0 Å². The highest BCUT2D eigenvalue weighted by molar-refractivity contribution is 6.06. The highest BCUT2D eigenvalue weighted by Gasteiger charge is 2.48. The van der Waals surface area contributed by atoms with E-state index < -0.39 is 54.4 Å². The summed E-state index contributed by atoms with van der Waals surface area (Å²) in [6.45, 7) is 9.12. The van der Waals surface area contributed by atoms with Crippen molar-refractivity contribution in [3.8, 4) is 23.0 Å². The van der Waals surface area contributed by atoms with Gasteiger partial charge in [-0.1, -0.05) is 29.4 Å². The molecule has 0 saturated carbocycles. The molecule has 0 spiro atoms. The first-order chi connectivity index (χ1) is 19.3. The van der Waals surface area contributed by atoms with Gasteiger partial charge in [0.15, 0.2) is 18.5 Å². The minimum atomic E-state index is -1.69. The third-order valence-electron chi connectivity index (χ3n) is 7.33. The van der Waals surface area contributed by atoms with Crippen molar-refractivity contribution in [3.05, 3.63) is 69.8 Å². The molecule has 41 heavy (non-hydrogen) atoms. The van der Waals surface area contributed by atoms with E-state index in [1.807, 2.05) is 39.8 Å². The van der Waals surface area contributed by atoms with Crippen molar-refractivity contribution in [1.29, 1.82) is 0 Å². The summed E-state index contributed by atoms with van der Waals surface area (Å²) in [7, 11) is 0. The number of phenols is 3. The van der Waals surface area contributed by atoms with E-state index in [4.69, 9.17) is 14.2 Å². The lowest BCUT2D eigenvalue weighted by atomic mass is 9.89. The maximum absolute atomic E-state index is 14.0. The molecule has 4 rings (SSSR count). The van der Waals surface area contributed by atoms with Gasteiger partial charge in [-0.15, -0.1) is 0 Å². The molecular weight excluding hydrogens is 532 g/mol. The van der Waals surface area contributed by atoms with Crippen LogP contribution in [0.25, 0.3) is 0 Å². The van der Waals surface area contributed by atoms with Gasteiger partial charge in [-0.25, -0.2) is 0 Å². The minimum absolute atomic E-state index is 0.0114. The van der Waals surface area contributed by atoms with Gasteiger partial charge in [0.2, 0.25) is 5.78 Å². The summed E-state index contributed by atoms with van der Waals surface area (Å²) in [5, 5.41) is 63.0. The number of benzene rings is 2. The fourth-order valence-electron chi connectivity index (χ4n) is 4.92. The molecule has 1 saturated heterocycles. The average Bonchev–Trinajstić information content (AvgIpc) is 2.90. The SMILES string of the molecule is CC(C)=CCc1cc(C2Oc3c(CC=C(C)C)c(O)cc(O)c3C(=O)C2OC2OC(C)C(O)C(O)C2O)ccc1O. The number of aliphatic hydroxyl groups is 3. The van der Waals surface area contributed by atoms with Crippen molar-refractivity contribution in [2.75, 3.05) is 0 Å². The Morgan fingerprint density at radius 2 is 1.54 bits per heavy atom. The molecule has 2 aromatic rings. The topological polar surface area (TPSA) is 166 Å². The molecule has 0 aromatic heterocycles. The predicted molar refractivity (Wildman–Crippen MR) is 149 cm³/mol. The number of fused-ring (bicyclic) bond motifs is 1. The van der Waals surface area contributed by atoms with Crippen LogP contribution in [-0.4, -0.2) is 73.2 Å². The molecule has 6 N–H and O–H groups in total. The summed E-state index contributed by atoms with van der Waals surface area (Å²) in [6, 6.07) is 5.78. The molecule has 10 nitrogen and oxygen atoms in total. The maximum atomic E-state index is 14.0. The van der Waals surface area contributed by atoms with Gasteiger partial charge < -0.3 is 44.8 Å². The van der Waals surface area contributed by atoms with E-state index in [0.717, 1.165) is 17.2 Å². The zero-order valence-electron chi connectivity index (χ0n) is 23.7. The molecule has 7 atom stereocenters. The van der Waals surface area contributed by atoms with Gasteiger partial charge in [-0.05, 0) is 70.7 Å². The number of allylic oxidation sites excluding steroid dienone is 4. The molecule has 0 amide bonds. The Morgan fingerprint density at radius 3 is 2.20 bits per heavy atom. The first-order valence-corrected chi connectivity index (χ1v) is 13.5. The number of ketones is 1. The normalized spacial score (nSPS) is 27.5. The fourth-order valence-corrected chi connectivity index (χ4v) is 4.92. The average molecular weight is 571 g/mol. The van der Waals surface area contributed by atoms with Gasteiger partial charge in [0, 0.05) is 11.6 Å². The summed E-state index contributed by atoms with van der Waals surface area (Å²) in [4.78, 5) is 14.0. The van der Waals surface area contributed by atoms with Crippen LogP contribution >= 0.6 is 0 Å². The van der Waals surface area contributed by atoms with Crippen LogP contribution in [-0.2, 0) is 22.3 Å². The molecule has 0 aliphatic carbocycles. The molecule has 2 heterocycles. The Bertz CT molecular complexity index is 1360. The summed E-state index contributed by atoms with van der Waals surface area (Å²) in [5.41, 5.74) is 3.10. The molecule has 222 valence electrons. The summed E-state index contributed by atoms with van der Waals surface area (Å²) >= 11 is 0. The standard InChI is InChI=1S/C31H38O10/c1-14(2)6-8-17-12-18(9-11-20(17)32)28-30(41-31-27(38)26(37)24(35)16(5)39-31)25(36)23-22(34)13-21(33)19(29(23)40-28)10-7-15(3)4/h6-7,9,11-13,16,24,26-28,30-35,37-38H,8,10H2,1-5H3. The number of rotatable bonds is 7. The van der Waals surface area contributed by atoms with Gasteiger partial charge >= 0.3 is 0 Å². The van der Waals surface area contributed by atoms with Crippen LogP contribution in [0.2, 0.25) is 0 Å². The zero-order chi connectivity index (χ0) is 30.2. The first-order valence-electron chi connectivity index (χ1n) is 13.5. The second kappa shape index (κ2) is 12.2. The summed E-state index contributed by atoms with van der Waals surface area (Å²) < 4.78 is 17.9. The van der Waals surface area contributed by atoms with Crippen molar-refractivity contribution in [3.63, 3.8) is 0 Å². The molecule has 1 fully saturated rings. The van der Waals surface area contributed by atoms with E-state index in [1.165, 1.54) is 13.0 Å². The van der Waals surface area contributed by atoms with E-state index in [0.29, 0.717) is 23.1 Å². The molecule has 2 aliphatic rings. The van der Waals surface area contributed by atoms with E-state index >= 15 is 0 Å². The van der Waals surface area contributed by atoms with Crippen LogP contribution in [0.15, 0.2) is 47.6 Å². The number of hydrogen-bond donors (Lipinski definition) is 6. The molecular formula is C31H38O10. The highest BCUT2D eigenvalue weighted by atomic mass is 16.7. The van der Waals surface area contributed by atoms with Crippen LogP contribution in [0.4, 0.5) is 0 Å². The van der Waals surface area contributed by atoms with E-state index in [9.17, 15) is 35.4 Å². The Morgan fingerprint density at radius 1 is 0.878 bits per heavy atom. The van der Waals surface area contributed by atoms with Crippen molar-refractivity contribution in [2.45, 2.75) is 90.4 Å². The second-order valence-electron chi connectivity index (χ2n) is 11.1. The number of carbonyl (C=O) groups excluding carboxylic acids is 1. The third kappa shape index (κ3) is 6.27. The highest BCUT2D eigenvalue weighted by Crippen LogP contribution is 2.47. The Kier molecular flexibility index (Phi) is 9.10. The van der Waals surface area contributed by atoms with Gasteiger partial charge in [-0.2, -0.15) is 0 Å². The molecule has 2 aromatic carbocycles.